The molecular weight excluding hydrogens is 235 g/mol. The van der Waals surface area contributed by atoms with E-state index < -0.39 is 0 Å². The van der Waals surface area contributed by atoms with Crippen LogP contribution in [0.3, 0.4) is 0 Å². The van der Waals surface area contributed by atoms with Crippen molar-refractivity contribution in [3.8, 4) is 0 Å². The van der Waals surface area contributed by atoms with Gasteiger partial charge in [-0.15, -0.1) is 0 Å². The lowest BCUT2D eigenvalue weighted by molar-refractivity contribution is 0.00578. The minimum atomic E-state index is -0.282. The fraction of sp³-hybridized carbons (Fsp3) is 0.500. The number of rotatable bonds is 2. The molecule has 0 radical (unpaired) electrons. The topological polar surface area (TPSA) is 18.5 Å². The third kappa shape index (κ3) is 2.63. The van der Waals surface area contributed by atoms with E-state index in [-0.39, 0.29) is 18.3 Å². The maximum absolute atomic E-state index is 6.04. The molecule has 0 amide bonds. The van der Waals surface area contributed by atoms with Crippen molar-refractivity contribution in [3.05, 3.63) is 35.9 Å². The van der Waals surface area contributed by atoms with Gasteiger partial charge >= 0.3 is 7.12 Å². The van der Waals surface area contributed by atoms with Crippen molar-refractivity contribution in [3.63, 3.8) is 0 Å². The second-order valence-corrected chi connectivity index (χ2v) is 6.18. The van der Waals surface area contributed by atoms with Crippen LogP contribution in [0.4, 0.5) is 0 Å². The summed E-state index contributed by atoms with van der Waals surface area (Å²) in [6, 6.07) is 8.42. The number of hydrogen-bond donors (Lipinski definition) is 0. The molecule has 1 aliphatic heterocycles. The summed E-state index contributed by atoms with van der Waals surface area (Å²) in [5.74, 6) is 0. The van der Waals surface area contributed by atoms with Crippen molar-refractivity contribution in [1.29, 1.82) is 0 Å². The number of hydrogen-bond acceptors (Lipinski definition) is 2. The molecule has 3 heteroatoms. The van der Waals surface area contributed by atoms with Crippen LogP contribution < -0.4 is 5.46 Å². The first kappa shape index (κ1) is 14.4. The molecule has 0 atom stereocenters. The van der Waals surface area contributed by atoms with Crippen LogP contribution in [0.1, 0.15) is 47.1 Å². The van der Waals surface area contributed by atoms with E-state index in [0.717, 1.165) is 5.46 Å². The van der Waals surface area contributed by atoms with Gasteiger partial charge in [0.2, 0.25) is 0 Å². The molecule has 0 aliphatic carbocycles. The van der Waals surface area contributed by atoms with Gasteiger partial charge in [0.15, 0.2) is 0 Å². The van der Waals surface area contributed by atoms with Gasteiger partial charge < -0.3 is 9.31 Å². The Morgan fingerprint density at radius 3 is 1.89 bits per heavy atom. The average Bonchev–Trinajstić information content (AvgIpc) is 2.58. The van der Waals surface area contributed by atoms with E-state index in [0.29, 0.717) is 0 Å². The van der Waals surface area contributed by atoms with Crippen LogP contribution >= 0.6 is 0 Å². The van der Waals surface area contributed by atoms with Gasteiger partial charge in [-0.1, -0.05) is 30.3 Å². The maximum atomic E-state index is 6.04. The molecule has 0 aromatic heterocycles. The second-order valence-electron chi connectivity index (χ2n) is 6.18. The Bertz CT molecular complexity index is 470. The van der Waals surface area contributed by atoms with E-state index in [4.69, 9.17) is 9.31 Å². The third-order valence-electron chi connectivity index (χ3n) is 4.32. The molecule has 0 bridgehead atoms. The van der Waals surface area contributed by atoms with Crippen LogP contribution in [0.15, 0.2) is 30.3 Å². The summed E-state index contributed by atoms with van der Waals surface area (Å²) in [5, 5.41) is 0. The summed E-state index contributed by atoms with van der Waals surface area (Å²) < 4.78 is 12.1. The minimum absolute atomic E-state index is 0.273. The zero-order chi connectivity index (χ0) is 14.3. The SMILES string of the molecule is C/C=C(\C)c1ccc(B2OC(C)(C)C(C)(C)O2)cc1. The molecule has 0 saturated carbocycles. The molecule has 1 aliphatic rings. The highest BCUT2D eigenvalue weighted by molar-refractivity contribution is 6.62. The predicted molar refractivity (Wildman–Crippen MR) is 81.5 cm³/mol. The molecular formula is C16H23BO2. The van der Waals surface area contributed by atoms with Crippen LogP contribution in [-0.2, 0) is 9.31 Å². The zero-order valence-electron chi connectivity index (χ0n) is 12.8. The van der Waals surface area contributed by atoms with Gasteiger partial charge in [-0.2, -0.15) is 0 Å². The van der Waals surface area contributed by atoms with E-state index in [1.807, 2.05) is 0 Å². The molecule has 0 unspecified atom stereocenters. The Labute approximate surface area is 117 Å². The van der Waals surface area contributed by atoms with Gasteiger partial charge in [0.05, 0.1) is 11.2 Å². The average molecular weight is 258 g/mol. The molecule has 2 rings (SSSR count). The van der Waals surface area contributed by atoms with Gasteiger partial charge in [0.1, 0.15) is 0 Å². The predicted octanol–water partition coefficient (Wildman–Crippen LogP) is 3.41. The lowest BCUT2D eigenvalue weighted by Crippen LogP contribution is -2.41. The van der Waals surface area contributed by atoms with Crippen LogP contribution in [-0.4, -0.2) is 18.3 Å². The lowest BCUT2D eigenvalue weighted by Gasteiger charge is -2.32. The standard InChI is InChI=1S/C16H23BO2/c1-7-12(2)13-8-10-14(11-9-13)17-18-15(3,4)16(5,6)19-17/h7-11H,1-6H3/b12-7+. The molecule has 1 fully saturated rings. The van der Waals surface area contributed by atoms with Crippen LogP contribution in [0.5, 0.6) is 0 Å². The highest BCUT2D eigenvalue weighted by Gasteiger charge is 2.51. The minimum Gasteiger partial charge on any atom is -0.399 e. The molecule has 102 valence electrons. The molecule has 1 saturated heterocycles. The maximum Gasteiger partial charge on any atom is 0.494 e. The van der Waals surface area contributed by atoms with E-state index in [1.165, 1.54) is 11.1 Å². The molecule has 19 heavy (non-hydrogen) atoms. The number of allylic oxidation sites excluding steroid dienone is 2. The quantitative estimate of drug-likeness (QED) is 0.757. The summed E-state index contributed by atoms with van der Waals surface area (Å²) in [6.45, 7) is 12.5. The summed E-state index contributed by atoms with van der Waals surface area (Å²) in [6.07, 6.45) is 2.11. The third-order valence-corrected chi connectivity index (χ3v) is 4.32. The van der Waals surface area contributed by atoms with Crippen molar-refractivity contribution in [2.45, 2.75) is 52.7 Å². The summed E-state index contributed by atoms with van der Waals surface area (Å²) in [7, 11) is -0.273. The van der Waals surface area contributed by atoms with Gasteiger partial charge in [-0.05, 0) is 58.1 Å². The fourth-order valence-electron chi connectivity index (χ4n) is 2.05. The Balaban J connectivity index is 2.21. The molecule has 2 nitrogen and oxygen atoms in total. The molecule has 1 aromatic carbocycles. The van der Waals surface area contributed by atoms with Crippen molar-refractivity contribution in [2.24, 2.45) is 0 Å². The van der Waals surface area contributed by atoms with Crippen LogP contribution in [0.2, 0.25) is 0 Å². The van der Waals surface area contributed by atoms with Crippen LogP contribution in [0.25, 0.3) is 5.57 Å². The molecule has 1 aromatic rings. The Morgan fingerprint density at radius 1 is 1.00 bits per heavy atom. The van der Waals surface area contributed by atoms with E-state index >= 15 is 0 Å². The molecule has 1 heterocycles. The van der Waals surface area contributed by atoms with Gasteiger partial charge in [0.25, 0.3) is 0 Å². The Hall–Kier alpha value is -1.06. The highest BCUT2D eigenvalue weighted by Crippen LogP contribution is 2.36. The smallest absolute Gasteiger partial charge is 0.399 e. The summed E-state index contributed by atoms with van der Waals surface area (Å²) >= 11 is 0. The molecule has 0 N–H and O–H groups in total. The second kappa shape index (κ2) is 4.80. The van der Waals surface area contributed by atoms with Gasteiger partial charge in [-0.25, -0.2) is 0 Å². The van der Waals surface area contributed by atoms with E-state index in [2.05, 4.69) is 71.9 Å². The van der Waals surface area contributed by atoms with Crippen molar-refractivity contribution < 1.29 is 9.31 Å². The van der Waals surface area contributed by atoms with Crippen molar-refractivity contribution >= 4 is 18.2 Å². The van der Waals surface area contributed by atoms with Gasteiger partial charge in [0, 0.05) is 0 Å². The zero-order valence-corrected chi connectivity index (χ0v) is 12.8. The van der Waals surface area contributed by atoms with Crippen LogP contribution in [0, 0.1) is 0 Å². The highest BCUT2D eigenvalue weighted by atomic mass is 16.7. The fourth-order valence-corrected chi connectivity index (χ4v) is 2.05. The number of benzene rings is 1. The Morgan fingerprint density at radius 2 is 1.47 bits per heavy atom. The molecule has 0 spiro atoms. The first-order valence-electron chi connectivity index (χ1n) is 6.86. The summed E-state index contributed by atoms with van der Waals surface area (Å²) in [4.78, 5) is 0. The first-order chi connectivity index (χ1) is 8.77. The lowest BCUT2D eigenvalue weighted by atomic mass is 9.78. The largest absolute Gasteiger partial charge is 0.494 e. The monoisotopic (exact) mass is 258 g/mol. The van der Waals surface area contributed by atoms with Crippen molar-refractivity contribution in [2.75, 3.05) is 0 Å². The summed E-state index contributed by atoms with van der Waals surface area (Å²) in [5.41, 5.74) is 3.03. The van der Waals surface area contributed by atoms with E-state index in [1.54, 1.807) is 0 Å². The Kier molecular flexibility index (Phi) is 3.63. The van der Waals surface area contributed by atoms with Crippen molar-refractivity contribution in [1.82, 2.24) is 0 Å². The normalized spacial score (nSPS) is 21.8. The first-order valence-corrected chi connectivity index (χ1v) is 6.86. The van der Waals surface area contributed by atoms with Gasteiger partial charge in [-0.3, -0.25) is 0 Å². The van der Waals surface area contributed by atoms with E-state index in [9.17, 15) is 0 Å².